The molecule has 6 nitrogen and oxygen atoms in total. The summed E-state index contributed by atoms with van der Waals surface area (Å²) in [6.07, 6.45) is 0. The Balaban J connectivity index is 1.11. The molecule has 13 rings (SSSR count). The summed E-state index contributed by atoms with van der Waals surface area (Å²) in [4.78, 5) is 15.4. The van der Waals surface area contributed by atoms with Crippen molar-refractivity contribution < 1.29 is 0 Å². The highest BCUT2D eigenvalue weighted by Gasteiger charge is 2.25. The van der Waals surface area contributed by atoms with Gasteiger partial charge in [0.05, 0.1) is 45.1 Å². The van der Waals surface area contributed by atoms with Crippen LogP contribution in [0.3, 0.4) is 0 Å². The van der Waals surface area contributed by atoms with Gasteiger partial charge in [-0.3, -0.25) is 0 Å². The van der Waals surface area contributed by atoms with E-state index < -0.39 is 0 Å². The first-order chi connectivity index (χ1) is 35.5. The van der Waals surface area contributed by atoms with Gasteiger partial charge in [-0.15, -0.1) is 0 Å². The van der Waals surface area contributed by atoms with E-state index in [1.807, 2.05) is 72.8 Å². The molecule has 0 N–H and O–H groups in total. The number of fused-ring (bicyclic) bond motifs is 6. The lowest BCUT2D eigenvalue weighted by molar-refractivity contribution is 1.07. The number of benzene rings is 10. The number of para-hydroxylation sites is 2. The van der Waals surface area contributed by atoms with Crippen molar-refractivity contribution in [1.82, 2.24) is 24.1 Å². The summed E-state index contributed by atoms with van der Waals surface area (Å²) in [6.45, 7) is 4.27. The molecule has 0 bridgehead atoms. The largest absolute Gasteiger partial charge is 0.309 e. The van der Waals surface area contributed by atoms with Gasteiger partial charge in [0, 0.05) is 49.4 Å². The van der Waals surface area contributed by atoms with Gasteiger partial charge in [0.2, 0.25) is 0 Å². The molecule has 0 atom stereocenters. The molecule has 0 fully saturated rings. The Morgan fingerprint density at radius 2 is 0.764 bits per heavy atom. The zero-order valence-electron chi connectivity index (χ0n) is 39.6. The minimum absolute atomic E-state index is 0.525. The van der Waals surface area contributed by atoms with E-state index >= 15 is 0 Å². The van der Waals surface area contributed by atoms with Crippen LogP contribution >= 0.6 is 0 Å². The van der Waals surface area contributed by atoms with Gasteiger partial charge in [0.1, 0.15) is 0 Å². The maximum atomic E-state index is 11.3. The molecule has 72 heavy (non-hydrogen) atoms. The van der Waals surface area contributed by atoms with Crippen molar-refractivity contribution in [3.05, 3.63) is 247 Å². The lowest BCUT2D eigenvalue weighted by atomic mass is 9.94. The van der Waals surface area contributed by atoms with Crippen LogP contribution in [0.15, 0.2) is 231 Å². The summed E-state index contributed by atoms with van der Waals surface area (Å²) in [6, 6.07) is 83.4. The fourth-order valence-corrected chi connectivity index (χ4v) is 10.6. The molecule has 0 radical (unpaired) electrons. The van der Waals surface area contributed by atoms with Crippen molar-refractivity contribution >= 4 is 43.6 Å². The fraction of sp³-hybridized carbons (Fsp3) is 0.0303. The quantitative estimate of drug-likeness (QED) is 0.152. The summed E-state index contributed by atoms with van der Waals surface area (Å²) < 4.78 is 4.70. The van der Waals surface area contributed by atoms with Crippen LogP contribution in [0, 0.1) is 25.2 Å². The molecule has 0 saturated heterocycles. The normalized spacial score (nSPS) is 11.5. The predicted octanol–water partition coefficient (Wildman–Crippen LogP) is 16.6. The average molecular weight is 921 g/mol. The van der Waals surface area contributed by atoms with Crippen LogP contribution in [0.2, 0.25) is 0 Å². The Bertz CT molecular complexity index is 4250. The van der Waals surface area contributed by atoms with Crippen LogP contribution in [-0.2, 0) is 0 Å². The first-order valence-corrected chi connectivity index (χ1v) is 24.2. The highest BCUT2D eigenvalue weighted by atomic mass is 15.0. The number of aryl methyl sites for hydroxylation is 2. The molecule has 0 unspecified atom stereocenters. The van der Waals surface area contributed by atoms with E-state index in [9.17, 15) is 5.26 Å². The Hall–Kier alpha value is -9.70. The van der Waals surface area contributed by atoms with Gasteiger partial charge in [-0.25, -0.2) is 15.0 Å². The number of rotatable bonds is 8. The maximum Gasteiger partial charge on any atom is 0.164 e. The summed E-state index contributed by atoms with van der Waals surface area (Å²) in [5.74, 6) is 1.67. The molecule has 0 aliphatic carbocycles. The first-order valence-electron chi connectivity index (χ1n) is 24.2. The second kappa shape index (κ2) is 17.4. The van der Waals surface area contributed by atoms with Crippen LogP contribution in [0.5, 0.6) is 0 Å². The molecule has 0 aliphatic rings. The molecule has 0 aliphatic heterocycles. The number of hydrogen-bond acceptors (Lipinski definition) is 4. The van der Waals surface area contributed by atoms with Crippen molar-refractivity contribution in [3.63, 3.8) is 0 Å². The molecular formula is C66H44N6. The molecule has 3 heterocycles. The van der Waals surface area contributed by atoms with Crippen LogP contribution < -0.4 is 0 Å². The molecule has 338 valence electrons. The van der Waals surface area contributed by atoms with Gasteiger partial charge in [0.25, 0.3) is 0 Å². The van der Waals surface area contributed by atoms with E-state index in [1.165, 1.54) is 22.3 Å². The van der Waals surface area contributed by atoms with E-state index in [-0.39, 0.29) is 0 Å². The summed E-state index contributed by atoms with van der Waals surface area (Å²) in [7, 11) is 0. The summed E-state index contributed by atoms with van der Waals surface area (Å²) >= 11 is 0. The Labute approximate surface area is 417 Å². The third-order valence-corrected chi connectivity index (χ3v) is 13.9. The van der Waals surface area contributed by atoms with E-state index in [1.54, 1.807) is 0 Å². The average Bonchev–Trinajstić information content (AvgIpc) is 3.95. The van der Waals surface area contributed by atoms with E-state index in [0.717, 1.165) is 93.9 Å². The van der Waals surface area contributed by atoms with Gasteiger partial charge < -0.3 is 9.13 Å². The van der Waals surface area contributed by atoms with E-state index in [0.29, 0.717) is 23.0 Å². The number of hydrogen-bond donors (Lipinski definition) is 0. The first kappa shape index (κ1) is 42.4. The number of nitriles is 1. The molecule has 0 saturated carbocycles. The number of nitrogens with zero attached hydrogens (tertiary/aromatic N) is 6. The Kier molecular flexibility index (Phi) is 10.2. The zero-order chi connectivity index (χ0) is 48.3. The standard InChI is InChI=1S/C66H44N6/c1-42-16-13-22-46(36-42)48-30-33-59-54(38-48)52-25-9-11-27-57(52)71(59)61-35-32-50(66-69-64(44-18-5-3-6-19-44)68-65(70-66)45-20-7-4-8-21-45)40-56(61)63-51(41-67)24-15-29-62(63)72-58-28-12-10-26-53(58)55-39-49(31-34-60(55)72)47-23-14-17-43(2)37-47/h3-40H,1-2H3. The third-order valence-electron chi connectivity index (χ3n) is 13.9. The van der Waals surface area contributed by atoms with Gasteiger partial charge in [-0.2, -0.15) is 5.26 Å². The van der Waals surface area contributed by atoms with Gasteiger partial charge in [-0.1, -0.05) is 175 Å². The summed E-state index contributed by atoms with van der Waals surface area (Å²) in [5.41, 5.74) is 17.8. The topological polar surface area (TPSA) is 72.3 Å². The predicted molar refractivity (Wildman–Crippen MR) is 295 cm³/mol. The fourth-order valence-electron chi connectivity index (χ4n) is 10.6. The molecule has 0 spiro atoms. The van der Waals surface area contributed by atoms with Crippen LogP contribution in [0.25, 0.3) is 123 Å². The number of aromatic nitrogens is 5. The lowest BCUT2D eigenvalue weighted by Crippen LogP contribution is -2.05. The van der Waals surface area contributed by atoms with Crippen molar-refractivity contribution in [2.45, 2.75) is 13.8 Å². The minimum Gasteiger partial charge on any atom is -0.309 e. The Morgan fingerprint density at radius 3 is 1.29 bits per heavy atom. The van der Waals surface area contributed by atoms with Crippen LogP contribution in [0.1, 0.15) is 16.7 Å². The zero-order valence-corrected chi connectivity index (χ0v) is 39.6. The smallest absolute Gasteiger partial charge is 0.164 e. The van der Waals surface area contributed by atoms with Crippen molar-refractivity contribution in [2.75, 3.05) is 0 Å². The molecule has 6 heteroatoms. The third kappa shape index (κ3) is 7.23. The van der Waals surface area contributed by atoms with E-state index in [4.69, 9.17) is 15.0 Å². The molecular weight excluding hydrogens is 877 g/mol. The minimum atomic E-state index is 0.525. The highest BCUT2D eigenvalue weighted by Crippen LogP contribution is 2.44. The second-order valence-corrected chi connectivity index (χ2v) is 18.5. The van der Waals surface area contributed by atoms with Crippen LogP contribution in [0.4, 0.5) is 0 Å². The van der Waals surface area contributed by atoms with Crippen molar-refractivity contribution in [1.29, 1.82) is 5.26 Å². The van der Waals surface area contributed by atoms with E-state index in [2.05, 4.69) is 187 Å². The van der Waals surface area contributed by atoms with Crippen molar-refractivity contribution in [3.8, 4) is 85.0 Å². The maximum absolute atomic E-state index is 11.3. The molecule has 13 aromatic rings. The Morgan fingerprint density at radius 1 is 0.333 bits per heavy atom. The van der Waals surface area contributed by atoms with Gasteiger partial charge in [0.15, 0.2) is 17.5 Å². The SMILES string of the molecule is Cc1cccc(-c2ccc3c(c2)c2ccccc2n3-c2ccc(-c3nc(-c4ccccc4)nc(-c4ccccc4)n3)cc2-c2c(C#N)cccc2-n2c3ccccc3c3cc(-c4cccc(C)c4)ccc32)c1. The van der Waals surface area contributed by atoms with Crippen LogP contribution in [-0.4, -0.2) is 24.1 Å². The lowest BCUT2D eigenvalue weighted by Gasteiger charge is -2.20. The highest BCUT2D eigenvalue weighted by molar-refractivity contribution is 6.13. The monoisotopic (exact) mass is 920 g/mol. The molecule has 10 aromatic carbocycles. The van der Waals surface area contributed by atoms with Crippen molar-refractivity contribution in [2.24, 2.45) is 0 Å². The molecule has 3 aromatic heterocycles. The van der Waals surface area contributed by atoms with Gasteiger partial charge >= 0.3 is 0 Å². The summed E-state index contributed by atoms with van der Waals surface area (Å²) in [5, 5.41) is 15.9. The second-order valence-electron chi connectivity index (χ2n) is 18.5. The van der Waals surface area contributed by atoms with Gasteiger partial charge in [-0.05, 0) is 103 Å². The molecule has 0 amide bonds.